The minimum absolute atomic E-state index is 0.248. The maximum absolute atomic E-state index is 9.19. The smallest absolute Gasteiger partial charge is 0.225 e. The monoisotopic (exact) mass is 269 g/mol. The van der Waals surface area contributed by atoms with Gasteiger partial charge in [0, 0.05) is 43.6 Å². The molecule has 2 heterocycles. The molecule has 1 aromatic carbocycles. The zero-order valence-corrected chi connectivity index (χ0v) is 11.7. The van der Waals surface area contributed by atoms with Crippen molar-refractivity contribution in [2.75, 3.05) is 24.6 Å². The summed E-state index contributed by atoms with van der Waals surface area (Å²) < 4.78 is 0. The maximum Gasteiger partial charge on any atom is 0.225 e. The van der Waals surface area contributed by atoms with E-state index < -0.39 is 0 Å². The van der Waals surface area contributed by atoms with Crippen LogP contribution in [0.3, 0.4) is 0 Å². The molecule has 1 aliphatic heterocycles. The van der Waals surface area contributed by atoms with E-state index in [-0.39, 0.29) is 6.61 Å². The van der Waals surface area contributed by atoms with Gasteiger partial charge in [-0.15, -0.1) is 0 Å². The summed E-state index contributed by atoms with van der Waals surface area (Å²) in [6.45, 7) is 4.11. The Labute approximate surface area is 119 Å². The van der Waals surface area contributed by atoms with E-state index in [9.17, 15) is 5.11 Å². The number of aliphatic hydroxyl groups excluding tert-OH is 1. The van der Waals surface area contributed by atoms with Crippen LogP contribution in [0.15, 0.2) is 36.7 Å². The number of rotatable bonds is 3. The summed E-state index contributed by atoms with van der Waals surface area (Å²) >= 11 is 0. The second-order valence-corrected chi connectivity index (χ2v) is 5.37. The van der Waals surface area contributed by atoms with Gasteiger partial charge in [-0.05, 0) is 24.5 Å². The molecular weight excluding hydrogens is 250 g/mol. The first-order chi connectivity index (χ1) is 9.78. The van der Waals surface area contributed by atoms with E-state index in [0.29, 0.717) is 5.92 Å². The second-order valence-electron chi connectivity index (χ2n) is 5.37. The van der Waals surface area contributed by atoms with Crippen LogP contribution in [0, 0.1) is 12.8 Å². The van der Waals surface area contributed by atoms with Crippen molar-refractivity contribution in [1.82, 2.24) is 9.97 Å². The Morgan fingerprint density at radius 1 is 1.25 bits per heavy atom. The lowest BCUT2D eigenvalue weighted by molar-refractivity contribution is 0.238. The molecule has 0 saturated carbocycles. The molecule has 1 atom stereocenters. The Kier molecular flexibility index (Phi) is 3.65. The zero-order valence-electron chi connectivity index (χ0n) is 11.7. The summed E-state index contributed by atoms with van der Waals surface area (Å²) in [5.74, 6) is 1.12. The van der Waals surface area contributed by atoms with E-state index in [4.69, 9.17) is 0 Å². The molecule has 3 rings (SSSR count). The highest BCUT2D eigenvalue weighted by atomic mass is 16.3. The van der Waals surface area contributed by atoms with Crippen molar-refractivity contribution >= 4 is 5.95 Å². The van der Waals surface area contributed by atoms with Gasteiger partial charge in [0.25, 0.3) is 0 Å². The number of hydrogen-bond acceptors (Lipinski definition) is 4. The first-order valence-electron chi connectivity index (χ1n) is 7.02. The van der Waals surface area contributed by atoms with Crippen LogP contribution >= 0.6 is 0 Å². The Morgan fingerprint density at radius 2 is 2.00 bits per heavy atom. The van der Waals surface area contributed by atoms with Crippen molar-refractivity contribution in [3.05, 3.63) is 42.2 Å². The van der Waals surface area contributed by atoms with Gasteiger partial charge in [-0.2, -0.15) is 0 Å². The van der Waals surface area contributed by atoms with E-state index in [0.717, 1.165) is 31.0 Å². The largest absolute Gasteiger partial charge is 0.396 e. The summed E-state index contributed by atoms with van der Waals surface area (Å²) in [4.78, 5) is 11.1. The maximum atomic E-state index is 9.19. The third-order valence-corrected chi connectivity index (χ3v) is 3.92. The third-order valence-electron chi connectivity index (χ3n) is 3.92. The van der Waals surface area contributed by atoms with Crippen LogP contribution in [0.1, 0.15) is 12.0 Å². The molecule has 1 unspecified atom stereocenters. The van der Waals surface area contributed by atoms with Crippen LogP contribution in [0.4, 0.5) is 5.95 Å². The van der Waals surface area contributed by atoms with E-state index in [1.165, 1.54) is 11.1 Å². The van der Waals surface area contributed by atoms with Gasteiger partial charge in [-0.3, -0.25) is 0 Å². The number of aromatic nitrogens is 2. The van der Waals surface area contributed by atoms with Gasteiger partial charge in [-0.25, -0.2) is 9.97 Å². The normalized spacial score (nSPS) is 18.5. The number of aryl methyl sites for hydroxylation is 1. The van der Waals surface area contributed by atoms with Gasteiger partial charge >= 0.3 is 0 Å². The average molecular weight is 269 g/mol. The predicted octanol–water partition coefficient (Wildman–Crippen LogP) is 2.27. The highest BCUT2D eigenvalue weighted by Crippen LogP contribution is 2.24. The van der Waals surface area contributed by atoms with Crippen LogP contribution in [-0.4, -0.2) is 34.8 Å². The fourth-order valence-electron chi connectivity index (χ4n) is 2.68. The minimum atomic E-state index is 0.248. The van der Waals surface area contributed by atoms with Crippen molar-refractivity contribution in [2.24, 2.45) is 5.92 Å². The van der Waals surface area contributed by atoms with Crippen molar-refractivity contribution in [1.29, 1.82) is 0 Å². The lowest BCUT2D eigenvalue weighted by atomic mass is 10.0. The van der Waals surface area contributed by atoms with Gasteiger partial charge in [0.05, 0.1) is 0 Å². The first kappa shape index (κ1) is 13.1. The summed E-state index contributed by atoms with van der Waals surface area (Å²) in [5, 5.41) is 9.19. The molecule has 4 heteroatoms. The second kappa shape index (κ2) is 5.59. The molecule has 20 heavy (non-hydrogen) atoms. The molecule has 104 valence electrons. The molecule has 0 radical (unpaired) electrons. The molecule has 1 aliphatic rings. The summed E-state index contributed by atoms with van der Waals surface area (Å²) in [6.07, 6.45) is 4.79. The molecule has 0 bridgehead atoms. The van der Waals surface area contributed by atoms with Crippen molar-refractivity contribution in [3.63, 3.8) is 0 Å². The molecule has 1 aromatic heterocycles. The van der Waals surface area contributed by atoms with Crippen LogP contribution in [0.2, 0.25) is 0 Å². The van der Waals surface area contributed by atoms with E-state index in [2.05, 4.69) is 33.9 Å². The summed E-state index contributed by atoms with van der Waals surface area (Å²) in [7, 11) is 0. The summed E-state index contributed by atoms with van der Waals surface area (Å²) in [6, 6.07) is 8.25. The standard InChI is InChI=1S/C16H19N3O/c1-12-4-2-3-5-15(12)14-8-17-16(18-9-14)19-7-6-13(10-19)11-20/h2-5,8-9,13,20H,6-7,10-11H2,1H3. The fraction of sp³-hybridized carbons (Fsp3) is 0.375. The van der Waals surface area contributed by atoms with E-state index in [1.54, 1.807) is 0 Å². The molecule has 0 spiro atoms. The van der Waals surface area contributed by atoms with E-state index >= 15 is 0 Å². The minimum Gasteiger partial charge on any atom is -0.396 e. The molecule has 1 N–H and O–H groups in total. The Morgan fingerprint density at radius 3 is 2.65 bits per heavy atom. The van der Waals surface area contributed by atoms with Gasteiger partial charge in [-0.1, -0.05) is 24.3 Å². The average Bonchev–Trinajstić information content (AvgIpc) is 2.97. The van der Waals surface area contributed by atoms with Crippen LogP contribution in [0.5, 0.6) is 0 Å². The molecule has 2 aromatic rings. The molecular formula is C16H19N3O. The van der Waals surface area contributed by atoms with Gasteiger partial charge < -0.3 is 10.0 Å². The SMILES string of the molecule is Cc1ccccc1-c1cnc(N2CCC(CO)C2)nc1. The lowest BCUT2D eigenvalue weighted by Gasteiger charge is -2.16. The quantitative estimate of drug-likeness (QED) is 0.928. The fourth-order valence-corrected chi connectivity index (χ4v) is 2.68. The molecule has 1 fully saturated rings. The number of hydrogen-bond donors (Lipinski definition) is 1. The number of nitrogens with zero attached hydrogens (tertiary/aromatic N) is 3. The number of benzene rings is 1. The third kappa shape index (κ3) is 2.51. The van der Waals surface area contributed by atoms with Crippen molar-refractivity contribution < 1.29 is 5.11 Å². The van der Waals surface area contributed by atoms with E-state index in [1.807, 2.05) is 24.5 Å². The zero-order chi connectivity index (χ0) is 13.9. The highest BCUT2D eigenvalue weighted by Gasteiger charge is 2.23. The summed E-state index contributed by atoms with van der Waals surface area (Å²) in [5.41, 5.74) is 3.45. The van der Waals surface area contributed by atoms with Crippen LogP contribution < -0.4 is 4.90 Å². The topological polar surface area (TPSA) is 49.2 Å². The first-order valence-corrected chi connectivity index (χ1v) is 7.02. The molecule has 0 aliphatic carbocycles. The Bertz CT molecular complexity index is 583. The Hall–Kier alpha value is -1.94. The Balaban J connectivity index is 1.80. The van der Waals surface area contributed by atoms with Crippen LogP contribution in [-0.2, 0) is 0 Å². The van der Waals surface area contributed by atoms with Gasteiger partial charge in [0.2, 0.25) is 5.95 Å². The molecule has 4 nitrogen and oxygen atoms in total. The lowest BCUT2D eigenvalue weighted by Crippen LogP contribution is -2.22. The van der Waals surface area contributed by atoms with Crippen molar-refractivity contribution in [3.8, 4) is 11.1 Å². The molecule has 0 amide bonds. The van der Waals surface area contributed by atoms with Crippen molar-refractivity contribution in [2.45, 2.75) is 13.3 Å². The van der Waals surface area contributed by atoms with Gasteiger partial charge in [0.15, 0.2) is 0 Å². The molecule has 1 saturated heterocycles. The highest BCUT2D eigenvalue weighted by molar-refractivity contribution is 5.65. The van der Waals surface area contributed by atoms with Gasteiger partial charge in [0.1, 0.15) is 0 Å². The predicted molar refractivity (Wildman–Crippen MR) is 79.6 cm³/mol. The van der Waals surface area contributed by atoms with Crippen LogP contribution in [0.25, 0.3) is 11.1 Å². The number of aliphatic hydroxyl groups is 1. The number of anilines is 1.